The molecule has 0 aromatic heterocycles. The molecule has 0 aliphatic rings. The lowest BCUT2D eigenvalue weighted by Crippen LogP contribution is -1.92. The molecule has 3 heteroatoms. The summed E-state index contributed by atoms with van der Waals surface area (Å²) in [7, 11) is 1.61. The number of benzene rings is 2. The number of carbonyl (C=O) groups is 1. The van der Waals surface area contributed by atoms with Crippen LogP contribution in [0, 0.1) is 0 Å². The average Bonchev–Trinajstić information content (AvgIpc) is 2.40. The van der Waals surface area contributed by atoms with Crippen LogP contribution in [0.25, 0.3) is 0 Å². The van der Waals surface area contributed by atoms with E-state index in [0.29, 0.717) is 5.56 Å². The molecule has 0 aliphatic heterocycles. The monoisotopic (exact) mass is 244 g/mol. The van der Waals surface area contributed by atoms with Crippen molar-refractivity contribution >= 4 is 16.9 Å². The molecule has 0 amide bonds. The second-order valence-corrected chi connectivity index (χ2v) is 4.48. The van der Waals surface area contributed by atoms with Crippen molar-refractivity contribution in [2.75, 3.05) is 7.11 Å². The summed E-state index contributed by atoms with van der Waals surface area (Å²) < 4.78 is 5.12. The van der Waals surface area contributed by atoms with Gasteiger partial charge in [0, 0.05) is 10.5 Å². The highest BCUT2D eigenvalue weighted by molar-refractivity contribution is 8.14. The van der Waals surface area contributed by atoms with Crippen LogP contribution in [0.15, 0.2) is 59.5 Å². The van der Waals surface area contributed by atoms with Gasteiger partial charge in [-0.3, -0.25) is 4.79 Å². The standard InChI is InChI=1S/C14H12O2S/c1-16-12-8-5-9-13(10-12)17-14(15)11-6-3-2-4-7-11/h2-10H,1H3. The zero-order chi connectivity index (χ0) is 12.1. The van der Waals surface area contributed by atoms with Gasteiger partial charge < -0.3 is 4.74 Å². The van der Waals surface area contributed by atoms with E-state index in [4.69, 9.17) is 4.74 Å². The Bertz CT molecular complexity index is 509. The Balaban J connectivity index is 2.13. The van der Waals surface area contributed by atoms with Crippen molar-refractivity contribution in [2.45, 2.75) is 4.90 Å². The van der Waals surface area contributed by atoms with Crippen LogP contribution < -0.4 is 4.74 Å². The Labute approximate surface area is 105 Å². The Morgan fingerprint density at radius 1 is 1.06 bits per heavy atom. The molecule has 86 valence electrons. The molecule has 0 unspecified atom stereocenters. The molecule has 2 rings (SSSR count). The largest absolute Gasteiger partial charge is 0.497 e. The normalized spacial score (nSPS) is 9.94. The Hall–Kier alpha value is -1.74. The minimum Gasteiger partial charge on any atom is -0.497 e. The number of thioether (sulfide) groups is 1. The maximum Gasteiger partial charge on any atom is 0.224 e. The molecule has 0 saturated carbocycles. The topological polar surface area (TPSA) is 26.3 Å². The van der Waals surface area contributed by atoms with Gasteiger partial charge in [0.15, 0.2) is 0 Å². The summed E-state index contributed by atoms with van der Waals surface area (Å²) in [6.45, 7) is 0. The molecule has 2 nitrogen and oxygen atoms in total. The third kappa shape index (κ3) is 3.11. The van der Waals surface area contributed by atoms with Crippen molar-refractivity contribution in [2.24, 2.45) is 0 Å². The van der Waals surface area contributed by atoms with Gasteiger partial charge in [0.05, 0.1) is 7.11 Å². The van der Waals surface area contributed by atoms with Crippen LogP contribution in [0.5, 0.6) is 5.75 Å². The van der Waals surface area contributed by atoms with E-state index in [9.17, 15) is 4.79 Å². The van der Waals surface area contributed by atoms with Gasteiger partial charge in [-0.1, -0.05) is 36.4 Å². The average molecular weight is 244 g/mol. The fourth-order valence-corrected chi connectivity index (χ4v) is 2.19. The third-order valence-corrected chi connectivity index (χ3v) is 3.17. The molecular weight excluding hydrogens is 232 g/mol. The summed E-state index contributed by atoms with van der Waals surface area (Å²) in [5.74, 6) is 0.760. The maximum absolute atomic E-state index is 11.9. The lowest BCUT2D eigenvalue weighted by atomic mass is 10.2. The first-order valence-corrected chi connectivity index (χ1v) is 6.02. The van der Waals surface area contributed by atoms with E-state index in [2.05, 4.69) is 0 Å². The van der Waals surface area contributed by atoms with Crippen LogP contribution in [0.4, 0.5) is 0 Å². The van der Waals surface area contributed by atoms with Gasteiger partial charge in [-0.15, -0.1) is 0 Å². The summed E-state index contributed by atoms with van der Waals surface area (Å²) >= 11 is 1.21. The van der Waals surface area contributed by atoms with Crippen LogP contribution in [-0.4, -0.2) is 12.2 Å². The van der Waals surface area contributed by atoms with Crippen molar-refractivity contribution in [1.82, 2.24) is 0 Å². The molecule has 0 aliphatic carbocycles. The molecule has 0 heterocycles. The summed E-state index contributed by atoms with van der Waals surface area (Å²) in [6, 6.07) is 16.7. The Kier molecular flexibility index (Phi) is 3.83. The predicted octanol–water partition coefficient (Wildman–Crippen LogP) is 3.63. The first-order chi connectivity index (χ1) is 8.29. The Morgan fingerprint density at radius 2 is 1.82 bits per heavy atom. The molecule has 2 aromatic carbocycles. The van der Waals surface area contributed by atoms with Crippen LogP contribution in [-0.2, 0) is 0 Å². The number of ether oxygens (including phenoxy) is 1. The van der Waals surface area contributed by atoms with Crippen molar-refractivity contribution in [3.8, 4) is 5.75 Å². The van der Waals surface area contributed by atoms with Crippen LogP contribution in [0.1, 0.15) is 10.4 Å². The number of carbonyl (C=O) groups excluding carboxylic acids is 1. The SMILES string of the molecule is COc1cccc(SC(=O)c2ccccc2)c1. The maximum atomic E-state index is 11.9. The number of methoxy groups -OCH3 is 1. The summed E-state index contributed by atoms with van der Waals surface area (Å²) in [4.78, 5) is 12.8. The van der Waals surface area contributed by atoms with Crippen molar-refractivity contribution in [3.05, 3.63) is 60.2 Å². The number of rotatable bonds is 3. The van der Waals surface area contributed by atoms with E-state index in [0.717, 1.165) is 10.6 Å². The molecule has 0 atom stereocenters. The lowest BCUT2D eigenvalue weighted by Gasteiger charge is -2.03. The van der Waals surface area contributed by atoms with E-state index in [1.165, 1.54) is 11.8 Å². The van der Waals surface area contributed by atoms with Crippen molar-refractivity contribution in [3.63, 3.8) is 0 Å². The molecule has 0 bridgehead atoms. The van der Waals surface area contributed by atoms with Gasteiger partial charge in [-0.05, 0) is 30.0 Å². The number of hydrogen-bond acceptors (Lipinski definition) is 3. The fraction of sp³-hybridized carbons (Fsp3) is 0.0714. The van der Waals surface area contributed by atoms with Crippen molar-refractivity contribution in [1.29, 1.82) is 0 Å². The molecule has 0 N–H and O–H groups in total. The minimum atomic E-state index is 0.0406. The van der Waals surface area contributed by atoms with Crippen LogP contribution in [0.2, 0.25) is 0 Å². The van der Waals surface area contributed by atoms with Gasteiger partial charge in [0.1, 0.15) is 5.75 Å². The van der Waals surface area contributed by atoms with E-state index in [1.807, 2.05) is 54.6 Å². The van der Waals surface area contributed by atoms with Crippen LogP contribution >= 0.6 is 11.8 Å². The molecule has 0 saturated heterocycles. The highest BCUT2D eigenvalue weighted by Gasteiger charge is 2.07. The van der Waals surface area contributed by atoms with Gasteiger partial charge in [-0.25, -0.2) is 0 Å². The van der Waals surface area contributed by atoms with E-state index in [1.54, 1.807) is 7.11 Å². The smallest absolute Gasteiger partial charge is 0.224 e. The fourth-order valence-electron chi connectivity index (χ4n) is 1.40. The molecular formula is C14H12O2S. The van der Waals surface area contributed by atoms with Crippen LogP contribution in [0.3, 0.4) is 0 Å². The Morgan fingerprint density at radius 3 is 2.53 bits per heavy atom. The first-order valence-electron chi connectivity index (χ1n) is 5.21. The molecule has 0 radical (unpaired) electrons. The second-order valence-electron chi connectivity index (χ2n) is 3.43. The zero-order valence-corrected chi connectivity index (χ0v) is 10.2. The minimum absolute atomic E-state index is 0.0406. The second kappa shape index (κ2) is 5.55. The highest BCUT2D eigenvalue weighted by Crippen LogP contribution is 2.25. The van der Waals surface area contributed by atoms with E-state index < -0.39 is 0 Å². The number of hydrogen-bond donors (Lipinski definition) is 0. The summed E-state index contributed by atoms with van der Waals surface area (Å²) in [6.07, 6.45) is 0. The predicted molar refractivity (Wildman–Crippen MR) is 69.6 cm³/mol. The van der Waals surface area contributed by atoms with Crippen molar-refractivity contribution < 1.29 is 9.53 Å². The highest BCUT2D eigenvalue weighted by atomic mass is 32.2. The van der Waals surface area contributed by atoms with Gasteiger partial charge in [-0.2, -0.15) is 0 Å². The molecule has 0 spiro atoms. The third-order valence-electron chi connectivity index (χ3n) is 2.26. The quantitative estimate of drug-likeness (QED) is 0.771. The first kappa shape index (κ1) is 11.7. The summed E-state index contributed by atoms with van der Waals surface area (Å²) in [5, 5.41) is 0.0406. The molecule has 17 heavy (non-hydrogen) atoms. The van der Waals surface area contributed by atoms with Gasteiger partial charge in [0.2, 0.25) is 5.12 Å². The van der Waals surface area contributed by atoms with Gasteiger partial charge in [0.25, 0.3) is 0 Å². The molecule has 2 aromatic rings. The summed E-state index contributed by atoms with van der Waals surface area (Å²) in [5.41, 5.74) is 0.709. The molecule has 0 fully saturated rings. The lowest BCUT2D eigenvalue weighted by molar-refractivity contribution is 0.108. The van der Waals surface area contributed by atoms with E-state index in [-0.39, 0.29) is 5.12 Å². The van der Waals surface area contributed by atoms with E-state index >= 15 is 0 Å². The van der Waals surface area contributed by atoms with Gasteiger partial charge >= 0.3 is 0 Å². The zero-order valence-electron chi connectivity index (χ0n) is 9.42.